The zero-order valence-electron chi connectivity index (χ0n) is 22.7. The molecule has 216 valence electrons. The summed E-state index contributed by atoms with van der Waals surface area (Å²) in [6.45, 7) is 14.6. The normalized spacial score (nSPS) is 12.7. The van der Waals surface area contributed by atoms with Crippen LogP contribution in [-0.2, 0) is 10.1 Å². The van der Waals surface area contributed by atoms with Crippen LogP contribution >= 0.6 is 0 Å². The molecule has 7 nitrogen and oxygen atoms in total. The summed E-state index contributed by atoms with van der Waals surface area (Å²) in [5.41, 5.74) is -1.85. The SMILES string of the molecule is CCCC[N+](CCCC)(CCCC)CCCC.O=S(=O)([O-])CCOc1ccc(C(=NO)C(F)(F)F)cc1. The summed E-state index contributed by atoms with van der Waals surface area (Å²) < 4.78 is 74.5. The van der Waals surface area contributed by atoms with Crippen LogP contribution in [0, 0.1) is 0 Å². The van der Waals surface area contributed by atoms with E-state index in [-0.39, 0.29) is 11.3 Å². The molecule has 37 heavy (non-hydrogen) atoms. The standard InChI is InChI=1S/C16H36N.C10H10F3NO5S/c1-5-9-13-17(14-10-6-2,15-11-7-3)16-12-8-4;11-10(12,13)9(14-15)7-1-3-8(4-2-7)19-5-6-20(16,17)18/h5-16H2,1-4H3;1-4,15H,5-6H2,(H,16,17,18)/q+1;/p-1. The maximum Gasteiger partial charge on any atom is 0.437 e. The lowest BCUT2D eigenvalue weighted by atomic mass is 10.1. The number of unbranched alkanes of at least 4 members (excludes halogenated alkanes) is 4. The van der Waals surface area contributed by atoms with Crippen molar-refractivity contribution in [2.24, 2.45) is 5.16 Å². The third-order valence-corrected chi connectivity index (χ3v) is 6.71. The summed E-state index contributed by atoms with van der Waals surface area (Å²) in [4.78, 5) is 0. The summed E-state index contributed by atoms with van der Waals surface area (Å²) >= 11 is 0. The van der Waals surface area contributed by atoms with Crippen LogP contribution in [0.4, 0.5) is 13.2 Å². The second-order valence-corrected chi connectivity index (χ2v) is 10.8. The molecule has 0 amide bonds. The van der Waals surface area contributed by atoms with E-state index in [1.54, 1.807) is 0 Å². The van der Waals surface area contributed by atoms with E-state index in [9.17, 15) is 26.1 Å². The molecule has 0 aliphatic carbocycles. The van der Waals surface area contributed by atoms with Gasteiger partial charge in [-0.3, -0.25) is 0 Å². The van der Waals surface area contributed by atoms with Crippen LogP contribution in [0.15, 0.2) is 29.4 Å². The molecule has 0 aliphatic rings. The number of halogens is 3. The molecule has 0 radical (unpaired) electrons. The molecule has 0 bridgehead atoms. The molecule has 0 saturated carbocycles. The predicted molar refractivity (Wildman–Crippen MR) is 140 cm³/mol. The van der Waals surface area contributed by atoms with Gasteiger partial charge in [0.25, 0.3) is 0 Å². The van der Waals surface area contributed by atoms with Crippen molar-refractivity contribution in [2.45, 2.75) is 85.2 Å². The lowest BCUT2D eigenvalue weighted by Gasteiger charge is -2.39. The Morgan fingerprint density at radius 2 is 1.30 bits per heavy atom. The van der Waals surface area contributed by atoms with E-state index in [0.29, 0.717) is 0 Å². The van der Waals surface area contributed by atoms with Crippen molar-refractivity contribution in [2.75, 3.05) is 38.5 Å². The van der Waals surface area contributed by atoms with Crippen LogP contribution in [0.25, 0.3) is 0 Å². The molecule has 0 heterocycles. The molecule has 0 saturated heterocycles. The van der Waals surface area contributed by atoms with Crippen LogP contribution in [0.1, 0.15) is 84.6 Å². The van der Waals surface area contributed by atoms with Crippen LogP contribution in [-0.4, -0.2) is 73.1 Å². The molecule has 1 aromatic rings. The molecule has 0 spiro atoms. The Morgan fingerprint density at radius 1 is 0.892 bits per heavy atom. The monoisotopic (exact) mass is 554 g/mol. The second kappa shape index (κ2) is 18.4. The van der Waals surface area contributed by atoms with Crippen molar-refractivity contribution in [1.29, 1.82) is 0 Å². The first-order chi connectivity index (χ1) is 17.4. The average Bonchev–Trinajstić information content (AvgIpc) is 2.83. The van der Waals surface area contributed by atoms with Crippen molar-refractivity contribution in [3.8, 4) is 5.75 Å². The molecule has 1 aromatic carbocycles. The predicted octanol–water partition coefficient (Wildman–Crippen LogP) is 6.35. The van der Waals surface area contributed by atoms with Gasteiger partial charge in [-0.1, -0.05) is 58.5 Å². The van der Waals surface area contributed by atoms with Gasteiger partial charge in [-0.05, 0) is 49.9 Å². The van der Waals surface area contributed by atoms with Gasteiger partial charge < -0.3 is 19.0 Å². The molecule has 1 N–H and O–H groups in total. The molecule has 0 aliphatic heterocycles. The quantitative estimate of drug-likeness (QED) is 0.0795. The number of alkyl halides is 3. The summed E-state index contributed by atoms with van der Waals surface area (Å²) in [5, 5.41) is 10.5. The number of oxime groups is 1. The van der Waals surface area contributed by atoms with Gasteiger partial charge >= 0.3 is 6.18 Å². The fraction of sp³-hybridized carbons (Fsp3) is 0.731. The van der Waals surface area contributed by atoms with E-state index in [1.807, 2.05) is 0 Å². The number of hydrogen-bond acceptors (Lipinski definition) is 6. The first-order valence-corrected chi connectivity index (χ1v) is 14.8. The largest absolute Gasteiger partial charge is 0.748 e. The third kappa shape index (κ3) is 15.9. The Morgan fingerprint density at radius 3 is 1.59 bits per heavy atom. The molecular formula is C26H45F3N2O5S. The van der Waals surface area contributed by atoms with Crippen molar-refractivity contribution < 1.29 is 40.6 Å². The zero-order chi connectivity index (χ0) is 28.4. The number of nitrogens with zero attached hydrogens (tertiary/aromatic N) is 2. The van der Waals surface area contributed by atoms with Gasteiger partial charge in [-0.15, -0.1) is 0 Å². The lowest BCUT2D eigenvalue weighted by molar-refractivity contribution is -0.929. The van der Waals surface area contributed by atoms with Crippen LogP contribution in [0.2, 0.25) is 0 Å². The second-order valence-electron chi connectivity index (χ2n) is 9.23. The Labute approximate surface area is 221 Å². The van der Waals surface area contributed by atoms with Gasteiger partial charge in [0.1, 0.15) is 12.4 Å². The van der Waals surface area contributed by atoms with E-state index < -0.39 is 34.4 Å². The molecule has 1 rings (SSSR count). The van der Waals surface area contributed by atoms with E-state index in [2.05, 4.69) is 32.9 Å². The van der Waals surface area contributed by atoms with Gasteiger partial charge in [0.05, 0.1) is 42.1 Å². The Bertz CT molecular complexity index is 822. The van der Waals surface area contributed by atoms with E-state index >= 15 is 0 Å². The summed E-state index contributed by atoms with van der Waals surface area (Å²) in [6, 6.07) is 4.24. The van der Waals surface area contributed by atoms with E-state index in [1.165, 1.54) is 82.0 Å². The topological polar surface area (TPSA) is 99.0 Å². The lowest BCUT2D eigenvalue weighted by Crippen LogP contribution is -2.50. The Balaban J connectivity index is 0.000000712. The van der Waals surface area contributed by atoms with Crippen molar-refractivity contribution in [3.05, 3.63) is 29.8 Å². The van der Waals surface area contributed by atoms with Crippen molar-refractivity contribution in [3.63, 3.8) is 0 Å². The average molecular weight is 555 g/mol. The maximum absolute atomic E-state index is 12.4. The molecular weight excluding hydrogens is 509 g/mol. The minimum atomic E-state index is -4.81. The summed E-state index contributed by atoms with van der Waals surface area (Å²) in [5.74, 6) is -0.669. The van der Waals surface area contributed by atoms with Crippen LogP contribution in [0.5, 0.6) is 5.75 Å². The Kier molecular flexibility index (Phi) is 17.5. The highest BCUT2D eigenvalue weighted by Crippen LogP contribution is 2.24. The number of quaternary nitrogens is 1. The van der Waals surface area contributed by atoms with Gasteiger partial charge in [0, 0.05) is 5.56 Å². The highest BCUT2D eigenvalue weighted by molar-refractivity contribution is 7.85. The Hall–Kier alpha value is -1.85. The smallest absolute Gasteiger partial charge is 0.437 e. The van der Waals surface area contributed by atoms with E-state index in [0.717, 1.165) is 24.3 Å². The minimum absolute atomic E-state index is 0.0804. The molecule has 0 aromatic heterocycles. The van der Waals surface area contributed by atoms with Crippen molar-refractivity contribution >= 4 is 15.8 Å². The van der Waals surface area contributed by atoms with Gasteiger partial charge in [-0.25, -0.2) is 8.42 Å². The highest BCUT2D eigenvalue weighted by atomic mass is 32.2. The first kappa shape index (κ1) is 35.2. The van der Waals surface area contributed by atoms with Gasteiger partial charge in [-0.2, -0.15) is 13.2 Å². The fourth-order valence-corrected chi connectivity index (χ4v) is 4.18. The van der Waals surface area contributed by atoms with Crippen LogP contribution in [0.3, 0.4) is 0 Å². The number of benzene rings is 1. The third-order valence-electron chi connectivity index (χ3n) is 6.04. The number of rotatable bonds is 17. The van der Waals surface area contributed by atoms with E-state index in [4.69, 9.17) is 9.94 Å². The fourth-order valence-electron chi connectivity index (χ4n) is 3.89. The molecule has 0 atom stereocenters. The maximum atomic E-state index is 12.4. The highest BCUT2D eigenvalue weighted by Gasteiger charge is 2.37. The minimum Gasteiger partial charge on any atom is -0.748 e. The van der Waals surface area contributed by atoms with Gasteiger partial charge in [0.15, 0.2) is 5.71 Å². The first-order valence-electron chi connectivity index (χ1n) is 13.2. The summed E-state index contributed by atoms with van der Waals surface area (Å²) in [7, 11) is -4.42. The molecule has 0 unspecified atom stereocenters. The molecule has 0 fully saturated rings. The van der Waals surface area contributed by atoms with Crippen molar-refractivity contribution in [1.82, 2.24) is 0 Å². The van der Waals surface area contributed by atoms with Gasteiger partial charge in [0.2, 0.25) is 0 Å². The number of hydrogen-bond donors (Lipinski definition) is 1. The van der Waals surface area contributed by atoms with Crippen LogP contribution < -0.4 is 4.74 Å². The summed E-state index contributed by atoms with van der Waals surface area (Å²) in [6.07, 6.45) is 6.25. The zero-order valence-corrected chi connectivity index (χ0v) is 23.5. The number of ether oxygens (including phenoxy) is 1. The molecule has 11 heteroatoms.